The quantitative estimate of drug-likeness (QED) is 0.532. The maximum absolute atomic E-state index is 12.9. The van der Waals surface area contributed by atoms with Crippen molar-refractivity contribution in [2.45, 2.75) is 0 Å². The molecule has 28 heavy (non-hydrogen) atoms. The number of aromatic hydroxyl groups is 1. The molecule has 3 aromatic carbocycles. The minimum absolute atomic E-state index is 0.0831. The number of ether oxygens (including phenoxy) is 3. The van der Waals surface area contributed by atoms with Gasteiger partial charge in [-0.25, -0.2) is 0 Å². The predicted octanol–water partition coefficient (Wildman–Crippen LogP) is 4.34. The number of hydrogen-bond acceptors (Lipinski definition) is 6. The summed E-state index contributed by atoms with van der Waals surface area (Å²) in [5, 5.41) is 12.0. The van der Waals surface area contributed by atoms with Crippen LogP contribution in [-0.2, 0) is 0 Å². The summed E-state index contributed by atoms with van der Waals surface area (Å²) in [6.45, 7) is 0. The topological polar surface area (TPSA) is 78.1 Å². The molecule has 4 rings (SSSR count). The molecular weight excluding hydrogens is 360 g/mol. The fourth-order valence-corrected chi connectivity index (χ4v) is 3.37. The summed E-state index contributed by atoms with van der Waals surface area (Å²) in [6, 6.07) is 13.9. The first-order valence-electron chi connectivity index (χ1n) is 8.57. The number of phenols is 1. The lowest BCUT2D eigenvalue weighted by Crippen LogP contribution is -2.03. The molecule has 6 heteroatoms. The lowest BCUT2D eigenvalue weighted by molar-refractivity contribution is 0.355. The number of methoxy groups -OCH3 is 3. The van der Waals surface area contributed by atoms with Gasteiger partial charge in [0.2, 0.25) is 0 Å². The van der Waals surface area contributed by atoms with Crippen molar-refractivity contribution in [2.24, 2.45) is 0 Å². The van der Waals surface area contributed by atoms with E-state index in [1.807, 2.05) is 18.2 Å². The Morgan fingerprint density at radius 2 is 1.57 bits per heavy atom. The maximum atomic E-state index is 12.9. The summed E-state index contributed by atoms with van der Waals surface area (Å²) in [7, 11) is 4.54. The van der Waals surface area contributed by atoms with E-state index in [0.717, 1.165) is 0 Å². The molecule has 0 atom stereocenters. The van der Waals surface area contributed by atoms with Crippen LogP contribution < -0.4 is 19.6 Å². The lowest BCUT2D eigenvalue weighted by atomic mass is 10.0. The molecule has 0 aliphatic rings. The first-order chi connectivity index (χ1) is 13.6. The third kappa shape index (κ3) is 2.62. The van der Waals surface area contributed by atoms with Crippen LogP contribution in [-0.4, -0.2) is 26.4 Å². The van der Waals surface area contributed by atoms with Gasteiger partial charge in [-0.3, -0.25) is 4.79 Å². The number of phenolic OH excluding ortho intramolecular Hbond substituents is 1. The molecule has 0 aliphatic heterocycles. The zero-order valence-corrected chi connectivity index (χ0v) is 15.6. The molecule has 0 fully saturated rings. The minimum Gasteiger partial charge on any atom is -0.504 e. The standard InChI is InChI=1S/C22H18O6/c1-25-16-9-8-12(10-18(16)26-2)17-11-15(23)19-20(24)22(27-3)14-7-5-4-6-13(14)21(19)28-17/h4-11,24H,1-3H3. The van der Waals surface area contributed by atoms with Crippen molar-refractivity contribution in [1.29, 1.82) is 0 Å². The molecule has 0 saturated heterocycles. The van der Waals surface area contributed by atoms with Crippen molar-refractivity contribution in [2.75, 3.05) is 21.3 Å². The van der Waals surface area contributed by atoms with Crippen LogP contribution in [0.2, 0.25) is 0 Å². The molecule has 6 nitrogen and oxygen atoms in total. The highest BCUT2D eigenvalue weighted by molar-refractivity contribution is 6.11. The first-order valence-corrected chi connectivity index (χ1v) is 8.57. The SMILES string of the molecule is COc1ccc(-c2cc(=O)c3c(O)c(OC)c4ccccc4c3o2)cc1OC. The molecule has 0 saturated carbocycles. The van der Waals surface area contributed by atoms with Crippen LogP contribution >= 0.6 is 0 Å². The maximum Gasteiger partial charge on any atom is 0.197 e. The molecule has 1 N–H and O–H groups in total. The highest BCUT2D eigenvalue weighted by Gasteiger charge is 2.20. The normalized spacial score (nSPS) is 11.0. The Bertz CT molecular complexity index is 1260. The molecule has 4 aromatic rings. The Labute approximate surface area is 160 Å². The van der Waals surface area contributed by atoms with Crippen molar-refractivity contribution < 1.29 is 23.7 Å². The van der Waals surface area contributed by atoms with E-state index in [9.17, 15) is 9.90 Å². The van der Waals surface area contributed by atoms with Crippen LogP contribution in [0.1, 0.15) is 0 Å². The van der Waals surface area contributed by atoms with Gasteiger partial charge >= 0.3 is 0 Å². The zero-order chi connectivity index (χ0) is 19.8. The van der Waals surface area contributed by atoms with E-state index >= 15 is 0 Å². The molecule has 0 amide bonds. The Morgan fingerprint density at radius 1 is 0.857 bits per heavy atom. The van der Waals surface area contributed by atoms with Crippen molar-refractivity contribution in [3.8, 4) is 34.3 Å². The zero-order valence-electron chi connectivity index (χ0n) is 15.6. The molecule has 0 spiro atoms. The van der Waals surface area contributed by atoms with Gasteiger partial charge in [0.1, 0.15) is 16.7 Å². The summed E-state index contributed by atoms with van der Waals surface area (Å²) < 4.78 is 22.0. The summed E-state index contributed by atoms with van der Waals surface area (Å²) in [4.78, 5) is 12.9. The lowest BCUT2D eigenvalue weighted by Gasteiger charge is -2.13. The van der Waals surface area contributed by atoms with E-state index in [2.05, 4.69) is 0 Å². The van der Waals surface area contributed by atoms with Crippen molar-refractivity contribution in [3.63, 3.8) is 0 Å². The first kappa shape index (κ1) is 17.7. The smallest absolute Gasteiger partial charge is 0.197 e. The molecule has 1 heterocycles. The second-order valence-electron chi connectivity index (χ2n) is 6.18. The second-order valence-corrected chi connectivity index (χ2v) is 6.18. The van der Waals surface area contributed by atoms with Crippen LogP contribution in [0.15, 0.2) is 57.7 Å². The van der Waals surface area contributed by atoms with Crippen molar-refractivity contribution >= 4 is 21.7 Å². The van der Waals surface area contributed by atoms with Gasteiger partial charge in [-0.05, 0) is 18.2 Å². The average molecular weight is 378 g/mol. The van der Waals surface area contributed by atoms with Gasteiger partial charge in [-0.15, -0.1) is 0 Å². The Balaban J connectivity index is 2.07. The van der Waals surface area contributed by atoms with E-state index in [0.29, 0.717) is 39.2 Å². The molecule has 0 unspecified atom stereocenters. The van der Waals surface area contributed by atoms with Gasteiger partial charge in [0.15, 0.2) is 28.4 Å². The molecule has 0 bridgehead atoms. The van der Waals surface area contributed by atoms with E-state index in [4.69, 9.17) is 18.6 Å². The number of benzene rings is 3. The summed E-state index contributed by atoms with van der Waals surface area (Å²) in [5.41, 5.74) is 0.579. The third-order valence-corrected chi connectivity index (χ3v) is 4.69. The van der Waals surface area contributed by atoms with E-state index in [-0.39, 0.29) is 22.3 Å². The van der Waals surface area contributed by atoms with Gasteiger partial charge in [0.05, 0.1) is 21.3 Å². The number of hydrogen-bond donors (Lipinski definition) is 1. The van der Waals surface area contributed by atoms with Crippen LogP contribution in [0.25, 0.3) is 33.1 Å². The van der Waals surface area contributed by atoms with Crippen LogP contribution in [0.5, 0.6) is 23.0 Å². The Kier molecular flexibility index (Phi) is 4.31. The van der Waals surface area contributed by atoms with E-state index < -0.39 is 0 Å². The molecule has 1 aromatic heterocycles. The van der Waals surface area contributed by atoms with E-state index in [1.165, 1.54) is 20.3 Å². The van der Waals surface area contributed by atoms with Gasteiger partial charge in [0.25, 0.3) is 0 Å². The number of rotatable bonds is 4. The van der Waals surface area contributed by atoms with Gasteiger partial charge < -0.3 is 23.7 Å². The van der Waals surface area contributed by atoms with Gasteiger partial charge in [-0.2, -0.15) is 0 Å². The Hall–Kier alpha value is -3.67. The van der Waals surface area contributed by atoms with Crippen molar-refractivity contribution in [3.05, 3.63) is 58.8 Å². The van der Waals surface area contributed by atoms with Crippen LogP contribution in [0.3, 0.4) is 0 Å². The summed E-state index contributed by atoms with van der Waals surface area (Å²) in [5.74, 6) is 1.46. The van der Waals surface area contributed by atoms with E-state index in [1.54, 1.807) is 31.4 Å². The van der Waals surface area contributed by atoms with Crippen molar-refractivity contribution in [1.82, 2.24) is 0 Å². The molecule has 0 aliphatic carbocycles. The van der Waals surface area contributed by atoms with Crippen LogP contribution in [0, 0.1) is 0 Å². The van der Waals surface area contributed by atoms with Gasteiger partial charge in [0, 0.05) is 22.4 Å². The largest absolute Gasteiger partial charge is 0.504 e. The number of fused-ring (bicyclic) bond motifs is 3. The summed E-state index contributed by atoms with van der Waals surface area (Å²) >= 11 is 0. The fourth-order valence-electron chi connectivity index (χ4n) is 3.37. The molecular formula is C22H18O6. The third-order valence-electron chi connectivity index (χ3n) is 4.69. The monoisotopic (exact) mass is 378 g/mol. The minimum atomic E-state index is -0.368. The fraction of sp³-hybridized carbons (Fsp3) is 0.136. The molecule has 142 valence electrons. The highest BCUT2D eigenvalue weighted by atomic mass is 16.5. The predicted molar refractivity (Wildman–Crippen MR) is 107 cm³/mol. The molecule has 0 radical (unpaired) electrons. The highest BCUT2D eigenvalue weighted by Crippen LogP contribution is 2.42. The Morgan fingerprint density at radius 3 is 2.25 bits per heavy atom. The van der Waals surface area contributed by atoms with Crippen LogP contribution in [0.4, 0.5) is 0 Å². The van der Waals surface area contributed by atoms with Gasteiger partial charge in [-0.1, -0.05) is 24.3 Å². The average Bonchev–Trinajstić information content (AvgIpc) is 2.73. The second kappa shape index (κ2) is 6.81. The summed E-state index contributed by atoms with van der Waals surface area (Å²) in [6.07, 6.45) is 0.